The minimum Gasteiger partial charge on any atom is -0.481 e. The van der Waals surface area contributed by atoms with Crippen LogP contribution in [-0.2, 0) is 4.79 Å². The minimum absolute atomic E-state index is 0.0826. The van der Waals surface area contributed by atoms with Crippen LogP contribution in [0.5, 0.6) is 0 Å². The smallest absolute Gasteiger partial charge is 0.313 e. The summed E-state index contributed by atoms with van der Waals surface area (Å²) in [5.41, 5.74) is 2.13. The number of thioether (sulfide) groups is 1. The highest BCUT2D eigenvalue weighted by Crippen LogP contribution is 2.18. The van der Waals surface area contributed by atoms with Gasteiger partial charge in [0.2, 0.25) is 5.16 Å². The molecule has 8 heteroatoms. The Morgan fingerprint density at radius 3 is 2.85 bits per heavy atom. The molecule has 0 radical (unpaired) electrons. The van der Waals surface area contributed by atoms with Gasteiger partial charge in [0.1, 0.15) is 5.69 Å². The number of para-hydroxylation sites is 2. The van der Waals surface area contributed by atoms with Crippen LogP contribution in [0.1, 0.15) is 0 Å². The third-order valence-electron chi connectivity index (χ3n) is 2.48. The minimum atomic E-state index is -0.910. The Bertz CT molecular complexity index is 773. The molecular weight excluding hydrogens is 278 g/mol. The summed E-state index contributed by atoms with van der Waals surface area (Å²) >= 11 is 1.05. The molecule has 0 spiro atoms. The zero-order chi connectivity index (χ0) is 13.9. The molecule has 0 aliphatic heterocycles. The first-order chi connectivity index (χ1) is 9.72. The molecule has 3 aromatic rings. The fraction of sp³-hybridized carbons (Fsp3) is 0.0833. The number of hydrogen-bond acceptors (Lipinski definition) is 6. The quantitative estimate of drug-likeness (QED) is 0.702. The van der Waals surface area contributed by atoms with Crippen molar-refractivity contribution in [1.82, 2.24) is 25.1 Å². The summed E-state index contributed by atoms with van der Waals surface area (Å²) in [5, 5.41) is 15.7. The fourth-order valence-electron chi connectivity index (χ4n) is 1.62. The molecule has 2 aromatic heterocycles. The van der Waals surface area contributed by atoms with Crippen molar-refractivity contribution in [2.45, 2.75) is 5.16 Å². The number of hydrogen-bond donors (Lipinski definition) is 2. The number of nitrogens with zero attached hydrogens (tertiary/aromatic N) is 4. The largest absolute Gasteiger partial charge is 0.481 e. The standard InChI is InChI=1S/C12H9N5O2S/c18-10(19)6-20-12-15-11(16-17-12)9-5-13-7-3-1-2-4-8(7)14-9/h1-5H,6H2,(H,18,19)(H,15,16,17). The van der Waals surface area contributed by atoms with Crippen molar-refractivity contribution in [1.29, 1.82) is 0 Å². The van der Waals surface area contributed by atoms with E-state index in [9.17, 15) is 4.79 Å². The fourth-order valence-corrected chi connectivity index (χ4v) is 2.14. The number of aromatic amines is 1. The highest BCUT2D eigenvalue weighted by molar-refractivity contribution is 7.99. The van der Waals surface area contributed by atoms with Crippen molar-refractivity contribution < 1.29 is 9.90 Å². The van der Waals surface area contributed by atoms with Crippen molar-refractivity contribution in [3.05, 3.63) is 30.5 Å². The van der Waals surface area contributed by atoms with E-state index in [0.29, 0.717) is 16.7 Å². The molecule has 100 valence electrons. The van der Waals surface area contributed by atoms with E-state index in [4.69, 9.17) is 5.11 Å². The molecule has 20 heavy (non-hydrogen) atoms. The molecule has 0 saturated carbocycles. The van der Waals surface area contributed by atoms with Gasteiger partial charge in [-0.1, -0.05) is 23.9 Å². The van der Waals surface area contributed by atoms with E-state index in [1.807, 2.05) is 24.3 Å². The second-order valence-electron chi connectivity index (χ2n) is 3.89. The maximum atomic E-state index is 10.5. The van der Waals surface area contributed by atoms with Crippen molar-refractivity contribution in [2.75, 3.05) is 5.75 Å². The van der Waals surface area contributed by atoms with E-state index in [0.717, 1.165) is 22.8 Å². The van der Waals surface area contributed by atoms with Gasteiger partial charge in [0.25, 0.3) is 0 Å². The molecule has 0 unspecified atom stereocenters. The van der Waals surface area contributed by atoms with Gasteiger partial charge in [-0.3, -0.25) is 14.9 Å². The first-order valence-corrected chi connectivity index (χ1v) is 6.70. The van der Waals surface area contributed by atoms with Crippen LogP contribution in [0, 0.1) is 0 Å². The van der Waals surface area contributed by atoms with Crippen LogP contribution < -0.4 is 0 Å². The lowest BCUT2D eigenvalue weighted by Gasteiger charge is -1.98. The van der Waals surface area contributed by atoms with Gasteiger partial charge >= 0.3 is 5.97 Å². The Morgan fingerprint density at radius 1 is 1.25 bits per heavy atom. The number of nitrogens with one attached hydrogen (secondary N) is 1. The monoisotopic (exact) mass is 287 g/mol. The third-order valence-corrected chi connectivity index (χ3v) is 3.31. The van der Waals surface area contributed by atoms with Crippen molar-refractivity contribution in [3.8, 4) is 11.5 Å². The van der Waals surface area contributed by atoms with Crippen molar-refractivity contribution >= 4 is 28.8 Å². The zero-order valence-corrected chi connectivity index (χ0v) is 11.0. The van der Waals surface area contributed by atoms with Gasteiger partial charge in [0, 0.05) is 0 Å². The molecule has 3 rings (SSSR count). The third kappa shape index (κ3) is 2.59. The predicted octanol–water partition coefficient (Wildman–Crippen LogP) is 1.59. The molecule has 2 heterocycles. The topological polar surface area (TPSA) is 105 Å². The molecule has 0 fully saturated rings. The average molecular weight is 287 g/mol. The van der Waals surface area contributed by atoms with Gasteiger partial charge in [-0.15, -0.1) is 5.10 Å². The summed E-state index contributed by atoms with van der Waals surface area (Å²) in [5.74, 6) is -0.524. The van der Waals surface area contributed by atoms with Crippen LogP contribution in [-0.4, -0.2) is 42.0 Å². The van der Waals surface area contributed by atoms with E-state index in [2.05, 4.69) is 25.1 Å². The van der Waals surface area contributed by atoms with Crippen LogP contribution >= 0.6 is 11.8 Å². The predicted molar refractivity (Wildman–Crippen MR) is 73.3 cm³/mol. The van der Waals surface area contributed by atoms with E-state index in [1.54, 1.807) is 6.20 Å². The number of carboxylic acid groups (broad SMARTS) is 1. The van der Waals surface area contributed by atoms with Gasteiger partial charge in [-0.05, 0) is 12.1 Å². The van der Waals surface area contributed by atoms with E-state index >= 15 is 0 Å². The van der Waals surface area contributed by atoms with Crippen LogP contribution in [0.25, 0.3) is 22.6 Å². The van der Waals surface area contributed by atoms with Crippen molar-refractivity contribution in [2.24, 2.45) is 0 Å². The number of aromatic nitrogens is 5. The first kappa shape index (κ1) is 12.5. The normalized spacial score (nSPS) is 10.8. The Kier molecular flexibility index (Phi) is 3.30. The number of rotatable bonds is 4. The number of H-pyrrole nitrogens is 1. The molecule has 1 aromatic carbocycles. The Morgan fingerprint density at radius 2 is 2.05 bits per heavy atom. The zero-order valence-electron chi connectivity index (χ0n) is 10.1. The van der Waals surface area contributed by atoms with Gasteiger partial charge in [-0.25, -0.2) is 4.98 Å². The van der Waals surface area contributed by atoms with Crippen molar-refractivity contribution in [3.63, 3.8) is 0 Å². The molecular formula is C12H9N5O2S. The lowest BCUT2D eigenvalue weighted by Crippen LogP contribution is -1.97. The van der Waals surface area contributed by atoms with Gasteiger partial charge in [0.05, 0.1) is 23.0 Å². The van der Waals surface area contributed by atoms with Gasteiger partial charge in [-0.2, -0.15) is 4.98 Å². The van der Waals surface area contributed by atoms with Crippen LogP contribution in [0.15, 0.2) is 35.6 Å². The maximum Gasteiger partial charge on any atom is 0.313 e. The van der Waals surface area contributed by atoms with Crippen LogP contribution in [0.4, 0.5) is 0 Å². The molecule has 2 N–H and O–H groups in total. The number of carboxylic acids is 1. The lowest BCUT2D eigenvalue weighted by molar-refractivity contribution is -0.133. The second-order valence-corrected chi connectivity index (χ2v) is 4.84. The molecule has 0 atom stereocenters. The number of benzene rings is 1. The molecule has 7 nitrogen and oxygen atoms in total. The summed E-state index contributed by atoms with van der Waals surface area (Å²) in [6, 6.07) is 7.52. The summed E-state index contributed by atoms with van der Waals surface area (Å²) < 4.78 is 0. The highest BCUT2D eigenvalue weighted by Gasteiger charge is 2.10. The second kappa shape index (κ2) is 5.25. The number of fused-ring (bicyclic) bond motifs is 1. The summed E-state index contributed by atoms with van der Waals surface area (Å²) in [4.78, 5) is 23.4. The summed E-state index contributed by atoms with van der Waals surface area (Å²) in [6.07, 6.45) is 1.61. The summed E-state index contributed by atoms with van der Waals surface area (Å²) in [6.45, 7) is 0. The lowest BCUT2D eigenvalue weighted by atomic mass is 10.3. The van der Waals surface area contributed by atoms with Gasteiger partial charge < -0.3 is 5.11 Å². The highest BCUT2D eigenvalue weighted by atomic mass is 32.2. The SMILES string of the molecule is O=C(O)CSc1n[nH]c(-c2cnc3ccccc3n2)n1. The first-order valence-electron chi connectivity index (χ1n) is 5.71. The molecule has 0 bridgehead atoms. The molecule has 0 aliphatic rings. The number of carbonyl (C=O) groups is 1. The van der Waals surface area contributed by atoms with Crippen LogP contribution in [0.2, 0.25) is 0 Å². The number of aliphatic carboxylic acids is 1. The summed E-state index contributed by atoms with van der Waals surface area (Å²) in [7, 11) is 0. The van der Waals surface area contributed by atoms with E-state index in [1.165, 1.54) is 0 Å². The molecule has 0 saturated heterocycles. The van der Waals surface area contributed by atoms with E-state index < -0.39 is 5.97 Å². The Hall–Kier alpha value is -2.48. The molecule has 0 amide bonds. The molecule has 0 aliphatic carbocycles. The van der Waals surface area contributed by atoms with Gasteiger partial charge in [0.15, 0.2) is 5.82 Å². The Balaban J connectivity index is 1.89. The maximum absolute atomic E-state index is 10.5. The average Bonchev–Trinajstić information content (AvgIpc) is 2.93. The van der Waals surface area contributed by atoms with E-state index in [-0.39, 0.29) is 5.75 Å². The van der Waals surface area contributed by atoms with Crippen LogP contribution in [0.3, 0.4) is 0 Å². The Labute approximate surface area is 117 Å².